The van der Waals surface area contributed by atoms with Crippen LogP contribution in [0.25, 0.3) is 0 Å². The van der Waals surface area contributed by atoms with Crippen LogP contribution in [0.4, 0.5) is 22.7 Å². The number of aliphatic hydroxyl groups excluding tert-OH is 1. The van der Waals surface area contributed by atoms with Crippen LogP contribution in [0.1, 0.15) is 73.6 Å². The van der Waals surface area contributed by atoms with Crippen molar-refractivity contribution in [1.82, 2.24) is 15.1 Å². The van der Waals surface area contributed by atoms with Gasteiger partial charge >= 0.3 is 0 Å². The van der Waals surface area contributed by atoms with Gasteiger partial charge in [-0.1, -0.05) is 71.1 Å². The number of nitro groups is 3. The molecule has 4 atom stereocenters. The number of nitrogens with zero attached hydrogens (tertiary/aromatic N) is 5. The van der Waals surface area contributed by atoms with Crippen LogP contribution in [-0.4, -0.2) is 133 Å². The van der Waals surface area contributed by atoms with E-state index in [0.717, 1.165) is 127 Å². The van der Waals surface area contributed by atoms with Crippen LogP contribution in [0.3, 0.4) is 0 Å². The van der Waals surface area contributed by atoms with Crippen molar-refractivity contribution in [3.63, 3.8) is 0 Å². The molecule has 19 nitrogen and oxygen atoms in total. The number of ether oxygens (including phenoxy) is 4. The molecule has 4 aromatic carbocycles. The van der Waals surface area contributed by atoms with Gasteiger partial charge in [-0.3, -0.25) is 40.1 Å². The minimum Gasteiger partial charge on any atom is -0.400 e. The van der Waals surface area contributed by atoms with Crippen molar-refractivity contribution in [2.75, 3.05) is 84.5 Å². The van der Waals surface area contributed by atoms with Crippen LogP contribution in [-0.2, 0) is 44.5 Å². The zero-order valence-electron chi connectivity index (χ0n) is 42.9. The van der Waals surface area contributed by atoms with Crippen LogP contribution in [0, 0.1) is 30.3 Å². The maximum Gasteiger partial charge on any atom is 0.269 e. The minimum atomic E-state index is -0.433. The Morgan fingerprint density at radius 1 is 0.575 bits per heavy atom. The molecule has 4 aliphatic heterocycles. The first-order valence-corrected chi connectivity index (χ1v) is 27.2. The number of hydrogen-bond donors (Lipinski definition) is 4. The smallest absolute Gasteiger partial charge is 0.269 e. The van der Waals surface area contributed by atoms with Gasteiger partial charge in [0.05, 0.1) is 39.2 Å². The van der Waals surface area contributed by atoms with Crippen LogP contribution in [0.5, 0.6) is 0 Å². The molecular formula is C52H78ClIN8O11. The lowest BCUT2D eigenvalue weighted by Crippen LogP contribution is -2.28. The van der Waals surface area contributed by atoms with E-state index in [1.54, 1.807) is 36.4 Å². The number of hydrogen-bond acceptors (Lipinski definition) is 16. The maximum atomic E-state index is 10.5. The second kappa shape index (κ2) is 39.0. The molecule has 4 heterocycles. The van der Waals surface area contributed by atoms with E-state index >= 15 is 0 Å². The first-order valence-electron chi connectivity index (χ1n) is 24.5. The van der Waals surface area contributed by atoms with Gasteiger partial charge < -0.3 is 40.8 Å². The Morgan fingerprint density at radius 2 is 0.904 bits per heavy atom. The van der Waals surface area contributed by atoms with Crippen molar-refractivity contribution in [1.29, 1.82) is 0 Å². The lowest BCUT2D eigenvalue weighted by Gasteiger charge is -2.20. The molecule has 6 N–H and O–H groups in total. The highest BCUT2D eigenvalue weighted by molar-refractivity contribution is 14.1. The SMILES string of the molecule is CI.CN(Cc1ccc(N)cc1)C[C@@H]1CCCO1.CN(Cc1ccc([N+](=O)[O-])cc1)C[C@@H]1CCCO1.CO.NC[C@@H]1CCCO1.O=[N+]([O-])c1ccc(CCl)cc1.O=[N+]([O-])c1ccc(CNC[C@@H]2CCCO2)cc1. The summed E-state index contributed by atoms with van der Waals surface area (Å²) in [6.07, 6.45) is 10.8. The summed E-state index contributed by atoms with van der Waals surface area (Å²) in [5, 5.41) is 41.5. The van der Waals surface area contributed by atoms with E-state index in [-0.39, 0.29) is 26.9 Å². The number of anilines is 1. The number of nitro benzene ring substituents is 3. The molecular weight excluding hydrogens is 1070 g/mol. The Labute approximate surface area is 449 Å². The normalized spacial score (nSPS) is 18.4. The quantitative estimate of drug-likeness (QED) is 0.0253. The minimum absolute atomic E-state index is 0.0962. The molecule has 4 aromatic rings. The van der Waals surface area contributed by atoms with Crippen LogP contribution >= 0.6 is 34.2 Å². The molecule has 4 fully saturated rings. The van der Waals surface area contributed by atoms with Gasteiger partial charge in [0.2, 0.25) is 0 Å². The maximum absolute atomic E-state index is 10.5. The van der Waals surface area contributed by atoms with Crippen molar-refractivity contribution >= 4 is 56.9 Å². The summed E-state index contributed by atoms with van der Waals surface area (Å²) in [7, 11) is 5.18. The molecule has 0 bridgehead atoms. The number of nitrogen functional groups attached to an aromatic ring is 1. The zero-order valence-corrected chi connectivity index (χ0v) is 45.8. The van der Waals surface area contributed by atoms with Gasteiger partial charge in [-0.25, -0.2) is 0 Å². The fourth-order valence-corrected chi connectivity index (χ4v) is 8.00. The molecule has 0 radical (unpaired) electrons. The predicted octanol–water partition coefficient (Wildman–Crippen LogP) is 9.07. The summed E-state index contributed by atoms with van der Waals surface area (Å²) < 4.78 is 21.9. The van der Waals surface area contributed by atoms with E-state index < -0.39 is 4.92 Å². The highest BCUT2D eigenvalue weighted by atomic mass is 127. The van der Waals surface area contributed by atoms with Gasteiger partial charge in [-0.05, 0) is 105 Å². The largest absolute Gasteiger partial charge is 0.400 e. The van der Waals surface area contributed by atoms with E-state index in [4.69, 9.17) is 47.1 Å². The molecule has 73 heavy (non-hydrogen) atoms. The predicted molar refractivity (Wildman–Crippen MR) is 297 cm³/mol. The number of aliphatic hydroxyl groups is 1. The van der Waals surface area contributed by atoms with Gasteiger partial charge in [0.1, 0.15) is 0 Å². The summed E-state index contributed by atoms with van der Waals surface area (Å²) in [6, 6.07) is 27.6. The van der Waals surface area contributed by atoms with Gasteiger partial charge in [0.15, 0.2) is 0 Å². The molecule has 4 aliphatic rings. The lowest BCUT2D eigenvalue weighted by atomic mass is 10.2. The summed E-state index contributed by atoms with van der Waals surface area (Å²) in [4.78, 5) is 36.5. The highest BCUT2D eigenvalue weighted by Crippen LogP contribution is 2.18. The second-order valence-corrected chi connectivity index (χ2v) is 17.7. The number of alkyl halides is 2. The Balaban J connectivity index is 0.000000315. The molecule has 0 saturated carbocycles. The fraction of sp³-hybridized carbons (Fsp3) is 0.538. The van der Waals surface area contributed by atoms with E-state index in [1.807, 2.05) is 36.2 Å². The number of benzene rings is 4. The van der Waals surface area contributed by atoms with Crippen molar-refractivity contribution in [3.8, 4) is 0 Å². The number of halogens is 2. The molecule has 4 saturated heterocycles. The summed E-state index contributed by atoms with van der Waals surface area (Å²) in [6.45, 7) is 9.52. The van der Waals surface area contributed by atoms with Crippen LogP contribution in [0.15, 0.2) is 97.1 Å². The molecule has 8 rings (SSSR count). The van der Waals surface area contributed by atoms with E-state index in [0.29, 0.717) is 36.8 Å². The average molecular weight is 1150 g/mol. The number of rotatable bonds is 17. The van der Waals surface area contributed by atoms with Gasteiger partial charge in [-0.15, -0.1) is 11.6 Å². The fourth-order valence-electron chi connectivity index (χ4n) is 7.83. The lowest BCUT2D eigenvalue weighted by molar-refractivity contribution is -0.385. The Bertz CT molecular complexity index is 2060. The van der Waals surface area contributed by atoms with E-state index in [9.17, 15) is 30.3 Å². The first-order chi connectivity index (χ1) is 35.3. The molecule has 0 unspecified atom stereocenters. The second-order valence-electron chi connectivity index (χ2n) is 17.4. The van der Waals surface area contributed by atoms with Gasteiger partial charge in [0, 0.05) is 127 Å². The third-order valence-corrected chi connectivity index (χ3v) is 11.9. The zero-order chi connectivity index (χ0) is 53.8. The van der Waals surface area contributed by atoms with Crippen molar-refractivity contribution < 1.29 is 38.8 Å². The van der Waals surface area contributed by atoms with Gasteiger partial charge in [-0.2, -0.15) is 0 Å². The molecule has 406 valence electrons. The number of non-ortho nitro benzene ring substituents is 3. The van der Waals surface area contributed by atoms with E-state index in [2.05, 4.69) is 56.9 Å². The first kappa shape index (κ1) is 64.7. The standard InChI is InChI=1S/C13H18N2O3.C13H20N2O.C12H16N2O3.C7H6ClNO2.C5H11NO.CH3I.CH4O/c1-14(10-13-3-2-8-18-13)9-11-4-6-12(7-5-11)15(16)17;1-15(10-13-3-2-8-16-13)9-11-4-6-12(14)7-5-11;15-14(16)11-5-3-10(4-6-11)8-13-9-12-2-1-7-17-12;8-5-6-1-3-7(4-2-6)9(10)11;6-4-5-2-1-3-7-5;2*1-2/h4-7,13H,2-3,8-10H2,1H3;4-7,13H,2-3,8-10,14H2,1H3;3-6,12-13H,1-2,7-9H2;1-4H,5H2;5H,1-4,6H2;1H3;2H,1H3/t2*13-;12-;;5-;;/m000.0../s1. The Hall–Kier alpha value is -4.46. The molecule has 0 amide bonds. The molecule has 0 spiro atoms. The average Bonchev–Trinajstić information content (AvgIpc) is 4.29. The molecule has 0 aromatic heterocycles. The third kappa shape index (κ3) is 28.1. The van der Waals surface area contributed by atoms with E-state index in [1.165, 1.54) is 49.1 Å². The highest BCUT2D eigenvalue weighted by Gasteiger charge is 2.19. The number of likely N-dealkylation sites (N-methyl/N-ethyl adjacent to an activating group) is 2. The Kier molecular flexibility index (Phi) is 34.6. The molecule has 0 aliphatic carbocycles. The molecule has 21 heteroatoms. The summed E-state index contributed by atoms with van der Waals surface area (Å²) in [5.41, 5.74) is 16.5. The summed E-state index contributed by atoms with van der Waals surface area (Å²) >= 11 is 7.64. The van der Waals surface area contributed by atoms with Crippen LogP contribution in [0.2, 0.25) is 0 Å². The van der Waals surface area contributed by atoms with Gasteiger partial charge in [0.25, 0.3) is 17.1 Å². The van der Waals surface area contributed by atoms with Crippen LogP contribution < -0.4 is 16.8 Å². The Morgan fingerprint density at radius 3 is 1.22 bits per heavy atom. The summed E-state index contributed by atoms with van der Waals surface area (Å²) in [5.74, 6) is 0.387. The number of nitrogens with two attached hydrogens (primary N) is 2. The topological polar surface area (TPSA) is 257 Å². The third-order valence-electron chi connectivity index (χ3n) is 11.6. The van der Waals surface area contributed by atoms with Crippen molar-refractivity contribution in [3.05, 3.63) is 150 Å². The monoisotopic (exact) mass is 1150 g/mol. The van der Waals surface area contributed by atoms with Crippen molar-refractivity contribution in [2.24, 2.45) is 5.73 Å². The van der Waals surface area contributed by atoms with Crippen molar-refractivity contribution in [2.45, 2.75) is 101 Å². The number of nitrogens with one attached hydrogen (secondary N) is 1.